The zero-order chi connectivity index (χ0) is 9.47. The molecule has 3 aliphatic rings. The molecule has 0 aromatic heterocycles. The van der Waals surface area contributed by atoms with Gasteiger partial charge in [0.2, 0.25) is 0 Å². The van der Waals surface area contributed by atoms with Crippen molar-refractivity contribution in [1.29, 1.82) is 0 Å². The fraction of sp³-hybridized carbons (Fsp3) is 0.846. The van der Waals surface area contributed by atoms with E-state index in [2.05, 4.69) is 19.8 Å². The minimum atomic E-state index is 0.636. The fourth-order valence-corrected chi connectivity index (χ4v) is 3.58. The Hall–Kier alpha value is -0.440. The smallest absolute Gasteiger partial charge is 0.00888 e. The molecule has 0 N–H and O–H groups in total. The second-order valence-corrected chi connectivity index (χ2v) is 5.44. The molecule has 0 radical (unpaired) electrons. The van der Waals surface area contributed by atoms with Gasteiger partial charge in [0.25, 0.3) is 0 Å². The van der Waals surface area contributed by atoms with Crippen molar-refractivity contribution >= 4 is 0 Å². The number of terminal acetylenes is 1. The van der Waals surface area contributed by atoms with Crippen LogP contribution in [0.2, 0.25) is 0 Å². The Balaban J connectivity index is 1.96. The van der Waals surface area contributed by atoms with Gasteiger partial charge in [-0.3, -0.25) is 0 Å². The Labute approximate surface area is 82.1 Å². The molecule has 3 saturated carbocycles. The predicted octanol–water partition coefficient (Wildman–Crippen LogP) is 3.47. The summed E-state index contributed by atoms with van der Waals surface area (Å²) in [7, 11) is 0. The van der Waals surface area contributed by atoms with Crippen LogP contribution in [0.5, 0.6) is 0 Å². The van der Waals surface area contributed by atoms with E-state index in [9.17, 15) is 0 Å². The third-order valence-corrected chi connectivity index (χ3v) is 4.66. The lowest BCUT2D eigenvalue weighted by Gasteiger charge is -2.60. The van der Waals surface area contributed by atoms with Crippen molar-refractivity contribution in [2.45, 2.75) is 46.0 Å². The first-order chi connectivity index (χ1) is 6.16. The van der Waals surface area contributed by atoms with Crippen molar-refractivity contribution in [1.82, 2.24) is 0 Å². The fourth-order valence-electron chi connectivity index (χ4n) is 3.58. The van der Waals surface area contributed by atoms with Crippen molar-refractivity contribution in [2.24, 2.45) is 23.2 Å². The van der Waals surface area contributed by atoms with Crippen LogP contribution in [0, 0.1) is 35.5 Å². The molecule has 3 unspecified atom stereocenters. The number of fused-ring (bicyclic) bond motifs is 2. The average molecular weight is 176 g/mol. The summed E-state index contributed by atoms with van der Waals surface area (Å²) in [5.41, 5.74) is 0.636. The van der Waals surface area contributed by atoms with E-state index < -0.39 is 0 Å². The lowest BCUT2D eigenvalue weighted by molar-refractivity contribution is -0.106. The van der Waals surface area contributed by atoms with Gasteiger partial charge >= 0.3 is 0 Å². The lowest BCUT2D eigenvalue weighted by atomic mass is 9.45. The summed E-state index contributed by atoms with van der Waals surface area (Å²) in [5, 5.41) is 0. The maximum Gasteiger partial charge on any atom is 0.00888 e. The molecule has 0 heterocycles. The summed E-state index contributed by atoms with van der Waals surface area (Å²) in [5.74, 6) is 5.73. The highest BCUT2D eigenvalue weighted by Crippen LogP contribution is 2.62. The van der Waals surface area contributed by atoms with Gasteiger partial charge in [-0.05, 0) is 48.9 Å². The summed E-state index contributed by atoms with van der Waals surface area (Å²) in [4.78, 5) is 0. The van der Waals surface area contributed by atoms with Gasteiger partial charge in [-0.2, -0.15) is 0 Å². The maximum absolute atomic E-state index is 5.32. The summed E-state index contributed by atoms with van der Waals surface area (Å²) in [6, 6.07) is 0. The third kappa shape index (κ3) is 1.30. The molecule has 3 rings (SSSR count). The molecular formula is C13H20. The first-order valence-electron chi connectivity index (χ1n) is 5.59. The highest BCUT2D eigenvalue weighted by Gasteiger charge is 2.53. The van der Waals surface area contributed by atoms with Crippen LogP contribution >= 0.6 is 0 Å². The highest BCUT2D eigenvalue weighted by atomic mass is 14.6. The predicted molar refractivity (Wildman–Crippen MR) is 56.2 cm³/mol. The second-order valence-electron chi connectivity index (χ2n) is 5.44. The van der Waals surface area contributed by atoms with Crippen LogP contribution in [0.3, 0.4) is 0 Å². The molecule has 13 heavy (non-hydrogen) atoms. The van der Waals surface area contributed by atoms with Gasteiger partial charge in [0, 0.05) is 6.42 Å². The Morgan fingerprint density at radius 3 is 2.69 bits per heavy atom. The summed E-state index contributed by atoms with van der Waals surface area (Å²) in [6.45, 7) is 4.90. The molecule has 0 nitrogen and oxygen atoms in total. The molecule has 3 fully saturated rings. The molecule has 0 aromatic carbocycles. The van der Waals surface area contributed by atoms with Crippen LogP contribution in [0.15, 0.2) is 0 Å². The average Bonchev–Trinajstić information content (AvgIpc) is 2.14. The second kappa shape index (κ2) is 3.05. The van der Waals surface area contributed by atoms with Crippen LogP contribution in [0.1, 0.15) is 46.0 Å². The van der Waals surface area contributed by atoms with Crippen molar-refractivity contribution < 1.29 is 0 Å². The Morgan fingerprint density at radius 1 is 1.38 bits per heavy atom. The van der Waals surface area contributed by atoms with Crippen LogP contribution in [-0.2, 0) is 0 Å². The van der Waals surface area contributed by atoms with E-state index in [1.807, 2.05) is 0 Å². The van der Waals surface area contributed by atoms with E-state index in [0.29, 0.717) is 5.41 Å². The van der Waals surface area contributed by atoms with E-state index in [4.69, 9.17) is 6.42 Å². The molecule has 0 aromatic rings. The summed E-state index contributed by atoms with van der Waals surface area (Å²) >= 11 is 0. The van der Waals surface area contributed by atoms with E-state index in [-0.39, 0.29) is 0 Å². The number of rotatable bonds is 2. The molecule has 0 spiro atoms. The van der Waals surface area contributed by atoms with Gasteiger partial charge < -0.3 is 0 Å². The molecule has 3 aliphatic carbocycles. The van der Waals surface area contributed by atoms with Crippen LogP contribution in [0.4, 0.5) is 0 Å². The Morgan fingerprint density at radius 2 is 2.15 bits per heavy atom. The molecule has 0 heteroatoms. The Bertz CT molecular complexity index is 229. The number of hydrogen-bond acceptors (Lipinski definition) is 0. The van der Waals surface area contributed by atoms with Gasteiger partial charge in [0.1, 0.15) is 0 Å². The first kappa shape index (κ1) is 9.13. The van der Waals surface area contributed by atoms with Crippen LogP contribution < -0.4 is 0 Å². The van der Waals surface area contributed by atoms with Crippen molar-refractivity contribution in [3.8, 4) is 12.3 Å². The minimum absolute atomic E-state index is 0.636. The largest absolute Gasteiger partial charge is 0.120 e. The summed E-state index contributed by atoms with van der Waals surface area (Å²) in [6.07, 6.45) is 12.0. The van der Waals surface area contributed by atoms with Crippen LogP contribution in [-0.4, -0.2) is 0 Å². The summed E-state index contributed by atoms with van der Waals surface area (Å²) < 4.78 is 0. The monoisotopic (exact) mass is 176 g/mol. The maximum atomic E-state index is 5.32. The van der Waals surface area contributed by atoms with Crippen molar-refractivity contribution in [2.75, 3.05) is 0 Å². The molecule has 72 valence electrons. The van der Waals surface area contributed by atoms with Gasteiger partial charge in [-0.25, -0.2) is 0 Å². The zero-order valence-corrected chi connectivity index (χ0v) is 8.84. The minimum Gasteiger partial charge on any atom is -0.120 e. The van der Waals surface area contributed by atoms with E-state index >= 15 is 0 Å². The normalized spacial score (nSPS) is 40.5. The molecule has 3 atom stereocenters. The lowest BCUT2D eigenvalue weighted by Crippen LogP contribution is -2.52. The molecule has 0 amide bonds. The molecular weight excluding hydrogens is 156 g/mol. The van der Waals surface area contributed by atoms with Gasteiger partial charge in [-0.1, -0.05) is 13.8 Å². The third-order valence-electron chi connectivity index (χ3n) is 4.66. The zero-order valence-electron chi connectivity index (χ0n) is 8.84. The van der Waals surface area contributed by atoms with Gasteiger partial charge in [-0.15, -0.1) is 12.3 Å². The number of hydrogen-bond donors (Lipinski definition) is 0. The van der Waals surface area contributed by atoms with Crippen molar-refractivity contribution in [3.63, 3.8) is 0 Å². The first-order valence-corrected chi connectivity index (χ1v) is 5.59. The van der Waals surface area contributed by atoms with E-state index in [0.717, 1.165) is 24.2 Å². The quantitative estimate of drug-likeness (QED) is 0.565. The molecule has 0 aliphatic heterocycles. The Kier molecular flexibility index (Phi) is 2.14. The highest BCUT2D eigenvalue weighted by molar-refractivity contribution is 5.03. The van der Waals surface area contributed by atoms with Gasteiger partial charge in [0.05, 0.1) is 0 Å². The van der Waals surface area contributed by atoms with Crippen LogP contribution in [0.25, 0.3) is 0 Å². The standard InChI is InChI=1S/C13H20/c1-4-5-6-10-7-8-11-9-12(10)13(11,2)3/h1,10-12H,5-9H2,2-3H3. The topological polar surface area (TPSA) is 0 Å². The SMILES string of the molecule is C#CCCC1CCC2CC1C2(C)C. The van der Waals surface area contributed by atoms with E-state index in [1.54, 1.807) is 0 Å². The van der Waals surface area contributed by atoms with E-state index in [1.165, 1.54) is 25.7 Å². The van der Waals surface area contributed by atoms with Crippen molar-refractivity contribution in [3.05, 3.63) is 0 Å². The molecule has 2 bridgehead atoms. The molecule has 0 saturated heterocycles. The van der Waals surface area contributed by atoms with Gasteiger partial charge in [0.15, 0.2) is 0 Å².